The van der Waals surface area contributed by atoms with Gasteiger partial charge >= 0.3 is 0 Å². The first-order valence-corrected chi connectivity index (χ1v) is 5.19. The minimum Gasteiger partial charge on any atom is -0.389 e. The van der Waals surface area contributed by atoms with Crippen LogP contribution in [-0.2, 0) is 0 Å². The van der Waals surface area contributed by atoms with Crippen LogP contribution in [0.1, 0.15) is 44.9 Å². The van der Waals surface area contributed by atoms with Crippen LogP contribution in [0.4, 0.5) is 0 Å². The van der Waals surface area contributed by atoms with Gasteiger partial charge in [-0.05, 0) is 31.6 Å². The van der Waals surface area contributed by atoms with Gasteiger partial charge in [-0.25, -0.2) is 0 Å². The summed E-state index contributed by atoms with van der Waals surface area (Å²) in [7, 11) is 0. The summed E-state index contributed by atoms with van der Waals surface area (Å²) >= 11 is 0. The summed E-state index contributed by atoms with van der Waals surface area (Å²) in [5.41, 5.74) is -0.347. The van der Waals surface area contributed by atoms with Crippen LogP contribution in [0.3, 0.4) is 0 Å². The fourth-order valence-electron chi connectivity index (χ4n) is 2.63. The minimum absolute atomic E-state index is 0.347. The van der Waals surface area contributed by atoms with E-state index in [1.165, 1.54) is 32.1 Å². The second-order valence-electron chi connectivity index (χ2n) is 4.32. The molecule has 12 heavy (non-hydrogen) atoms. The predicted octanol–water partition coefficient (Wildman–Crippen LogP) is 2.65. The summed E-state index contributed by atoms with van der Waals surface area (Å²) in [5, 5.41) is 10.3. The molecule has 2 aliphatic rings. The molecule has 68 valence electrons. The van der Waals surface area contributed by atoms with E-state index in [0.717, 1.165) is 12.8 Å². The molecular weight excluding hydrogens is 148 g/mol. The summed E-state index contributed by atoms with van der Waals surface area (Å²) in [4.78, 5) is 0. The number of hydrogen-bond donors (Lipinski definition) is 1. The molecule has 0 radical (unpaired) electrons. The zero-order valence-electron chi connectivity index (χ0n) is 7.63. The Hall–Kier alpha value is -0.300. The second-order valence-corrected chi connectivity index (χ2v) is 4.32. The van der Waals surface area contributed by atoms with E-state index in [1.807, 2.05) is 0 Å². The molecule has 0 aromatic rings. The smallest absolute Gasteiger partial charge is 0.0744 e. The maximum atomic E-state index is 10.3. The molecule has 0 aliphatic heterocycles. The molecule has 2 rings (SSSR count). The summed E-state index contributed by atoms with van der Waals surface area (Å²) < 4.78 is 0. The molecule has 0 aromatic heterocycles. The molecule has 0 saturated heterocycles. The zero-order chi connectivity index (χ0) is 8.44. The van der Waals surface area contributed by atoms with Crippen molar-refractivity contribution in [2.45, 2.75) is 50.5 Å². The average Bonchev–Trinajstić information content (AvgIpc) is 2.55. The van der Waals surface area contributed by atoms with Gasteiger partial charge in [-0.1, -0.05) is 31.4 Å². The van der Waals surface area contributed by atoms with Crippen molar-refractivity contribution in [1.29, 1.82) is 0 Å². The number of rotatable bonds is 1. The van der Waals surface area contributed by atoms with Gasteiger partial charge < -0.3 is 5.11 Å². The normalized spacial score (nSPS) is 29.4. The van der Waals surface area contributed by atoms with E-state index < -0.39 is 0 Å². The van der Waals surface area contributed by atoms with Gasteiger partial charge in [0.1, 0.15) is 0 Å². The molecule has 1 nitrogen and oxygen atoms in total. The van der Waals surface area contributed by atoms with Crippen LogP contribution in [0.15, 0.2) is 12.2 Å². The van der Waals surface area contributed by atoms with E-state index in [-0.39, 0.29) is 5.60 Å². The number of aliphatic hydroxyl groups is 1. The highest BCUT2D eigenvalue weighted by Gasteiger charge is 2.37. The third-order valence-electron chi connectivity index (χ3n) is 3.47. The van der Waals surface area contributed by atoms with Crippen molar-refractivity contribution in [3.63, 3.8) is 0 Å². The van der Waals surface area contributed by atoms with Crippen molar-refractivity contribution >= 4 is 0 Å². The molecule has 0 unspecified atom stereocenters. The molecule has 0 bridgehead atoms. The summed E-state index contributed by atoms with van der Waals surface area (Å²) in [6.45, 7) is 0. The van der Waals surface area contributed by atoms with E-state index in [9.17, 15) is 5.11 Å². The lowest BCUT2D eigenvalue weighted by atomic mass is 9.76. The molecule has 1 fully saturated rings. The molecule has 1 N–H and O–H groups in total. The maximum absolute atomic E-state index is 10.3. The zero-order valence-corrected chi connectivity index (χ0v) is 7.63. The lowest BCUT2D eigenvalue weighted by molar-refractivity contribution is -0.0216. The van der Waals surface area contributed by atoms with Crippen molar-refractivity contribution in [3.8, 4) is 0 Å². The summed E-state index contributed by atoms with van der Waals surface area (Å²) in [5.74, 6) is 0.584. The molecule has 0 amide bonds. The fraction of sp³-hybridized carbons (Fsp3) is 0.818. The number of hydrogen-bond acceptors (Lipinski definition) is 1. The third-order valence-corrected chi connectivity index (χ3v) is 3.47. The van der Waals surface area contributed by atoms with Crippen LogP contribution in [0.5, 0.6) is 0 Å². The lowest BCUT2D eigenvalue weighted by Crippen LogP contribution is -2.36. The summed E-state index contributed by atoms with van der Waals surface area (Å²) in [6.07, 6.45) is 12.6. The van der Waals surface area contributed by atoms with Crippen molar-refractivity contribution in [2.75, 3.05) is 0 Å². The topological polar surface area (TPSA) is 20.2 Å². The van der Waals surface area contributed by atoms with Gasteiger partial charge in [-0.3, -0.25) is 0 Å². The van der Waals surface area contributed by atoms with Gasteiger partial charge in [-0.2, -0.15) is 0 Å². The molecule has 1 saturated carbocycles. The molecule has 0 atom stereocenters. The SMILES string of the molecule is OC1(C2CCCCC2)CC=CC1. The van der Waals surface area contributed by atoms with Crippen molar-refractivity contribution in [1.82, 2.24) is 0 Å². The first kappa shape index (κ1) is 8.31. The Balaban J connectivity index is 1.97. The van der Waals surface area contributed by atoms with Crippen LogP contribution < -0.4 is 0 Å². The first-order chi connectivity index (χ1) is 5.81. The van der Waals surface area contributed by atoms with Gasteiger partial charge in [0.2, 0.25) is 0 Å². The Labute approximate surface area is 74.5 Å². The highest BCUT2D eigenvalue weighted by atomic mass is 16.3. The maximum Gasteiger partial charge on any atom is 0.0744 e. The van der Waals surface area contributed by atoms with Crippen molar-refractivity contribution in [3.05, 3.63) is 12.2 Å². The van der Waals surface area contributed by atoms with Crippen LogP contribution in [0, 0.1) is 5.92 Å². The molecule has 0 heterocycles. The highest BCUT2D eigenvalue weighted by molar-refractivity contribution is 5.06. The first-order valence-electron chi connectivity index (χ1n) is 5.19. The Morgan fingerprint density at radius 3 is 2.17 bits per heavy atom. The third kappa shape index (κ3) is 1.42. The van der Waals surface area contributed by atoms with E-state index in [0.29, 0.717) is 5.92 Å². The minimum atomic E-state index is -0.347. The molecular formula is C11H18O. The van der Waals surface area contributed by atoms with Gasteiger partial charge in [0, 0.05) is 0 Å². The van der Waals surface area contributed by atoms with E-state index >= 15 is 0 Å². The standard InChI is InChI=1S/C11H18O/c12-11(8-4-5-9-11)10-6-2-1-3-7-10/h4-5,10,12H,1-3,6-9H2. The average molecular weight is 166 g/mol. The molecule has 0 aromatic carbocycles. The predicted molar refractivity (Wildman–Crippen MR) is 49.9 cm³/mol. The van der Waals surface area contributed by atoms with E-state index in [2.05, 4.69) is 12.2 Å². The molecule has 1 heteroatoms. The molecule has 0 spiro atoms. The van der Waals surface area contributed by atoms with Crippen LogP contribution in [0.2, 0.25) is 0 Å². The van der Waals surface area contributed by atoms with Gasteiger partial charge in [0.25, 0.3) is 0 Å². The second kappa shape index (κ2) is 3.21. The van der Waals surface area contributed by atoms with Crippen LogP contribution in [-0.4, -0.2) is 10.7 Å². The fourth-order valence-corrected chi connectivity index (χ4v) is 2.63. The summed E-state index contributed by atoms with van der Waals surface area (Å²) in [6, 6.07) is 0. The Morgan fingerprint density at radius 2 is 1.58 bits per heavy atom. The van der Waals surface area contributed by atoms with Crippen molar-refractivity contribution < 1.29 is 5.11 Å². The Kier molecular flexibility index (Phi) is 2.22. The van der Waals surface area contributed by atoms with E-state index in [4.69, 9.17) is 0 Å². The van der Waals surface area contributed by atoms with Crippen LogP contribution in [0.25, 0.3) is 0 Å². The van der Waals surface area contributed by atoms with Gasteiger partial charge in [0.05, 0.1) is 5.60 Å². The molecule has 2 aliphatic carbocycles. The Bertz CT molecular complexity index is 169. The van der Waals surface area contributed by atoms with E-state index in [1.54, 1.807) is 0 Å². The quantitative estimate of drug-likeness (QED) is 0.594. The lowest BCUT2D eigenvalue weighted by Gasteiger charge is -2.35. The van der Waals surface area contributed by atoms with Crippen molar-refractivity contribution in [2.24, 2.45) is 5.92 Å². The van der Waals surface area contributed by atoms with Gasteiger partial charge in [-0.15, -0.1) is 0 Å². The Morgan fingerprint density at radius 1 is 1.00 bits per heavy atom. The van der Waals surface area contributed by atoms with Crippen LogP contribution >= 0.6 is 0 Å². The van der Waals surface area contributed by atoms with Gasteiger partial charge in [0.15, 0.2) is 0 Å². The monoisotopic (exact) mass is 166 g/mol. The largest absolute Gasteiger partial charge is 0.389 e. The highest BCUT2D eigenvalue weighted by Crippen LogP contribution is 2.39.